The molecule has 4 heteroatoms. The van der Waals surface area contributed by atoms with E-state index < -0.39 is 5.54 Å². The molecule has 0 spiro atoms. The average Bonchev–Trinajstić information content (AvgIpc) is 2.54. The fourth-order valence-corrected chi connectivity index (χ4v) is 1.93. The molecular formula is C12H14N2O2. The van der Waals surface area contributed by atoms with Crippen LogP contribution in [0.1, 0.15) is 30.8 Å². The number of amides is 1. The highest BCUT2D eigenvalue weighted by Crippen LogP contribution is 2.26. The van der Waals surface area contributed by atoms with E-state index in [0.717, 1.165) is 0 Å². The first-order chi connectivity index (χ1) is 7.53. The van der Waals surface area contributed by atoms with E-state index in [1.807, 2.05) is 0 Å². The van der Waals surface area contributed by atoms with Gasteiger partial charge in [-0.05, 0) is 26.0 Å². The summed E-state index contributed by atoms with van der Waals surface area (Å²) in [7, 11) is 0. The molecular weight excluding hydrogens is 204 g/mol. The van der Waals surface area contributed by atoms with Gasteiger partial charge in [-0.25, -0.2) is 0 Å². The fourth-order valence-electron chi connectivity index (χ4n) is 1.93. The summed E-state index contributed by atoms with van der Waals surface area (Å²) in [6, 6.07) is 5.20. The minimum absolute atomic E-state index is 0.108. The molecule has 0 aliphatic carbocycles. The number of likely N-dealkylation sites (tertiary alicyclic amines) is 1. The maximum atomic E-state index is 12.1. The summed E-state index contributed by atoms with van der Waals surface area (Å²) in [4.78, 5) is 29.4. The zero-order valence-electron chi connectivity index (χ0n) is 9.43. The van der Waals surface area contributed by atoms with E-state index >= 15 is 0 Å². The lowest BCUT2D eigenvalue weighted by molar-refractivity contribution is -0.123. The molecule has 2 heterocycles. The van der Waals surface area contributed by atoms with E-state index in [1.165, 1.54) is 0 Å². The Bertz CT molecular complexity index is 426. The Hall–Kier alpha value is -1.71. The molecule has 0 bridgehead atoms. The Labute approximate surface area is 94.3 Å². The number of hydrogen-bond acceptors (Lipinski definition) is 3. The van der Waals surface area contributed by atoms with Crippen LogP contribution >= 0.6 is 0 Å². The molecule has 0 aromatic carbocycles. The van der Waals surface area contributed by atoms with Crippen molar-refractivity contribution in [3.8, 4) is 0 Å². The van der Waals surface area contributed by atoms with Gasteiger partial charge in [0.2, 0.25) is 0 Å². The number of ketones is 1. The minimum Gasteiger partial charge on any atom is -0.325 e. The van der Waals surface area contributed by atoms with Crippen LogP contribution in [0.15, 0.2) is 24.4 Å². The number of Topliss-reactive ketones (excluding diaryl/α,β-unsaturated/α-hetero) is 1. The molecule has 84 valence electrons. The lowest BCUT2D eigenvalue weighted by atomic mass is 10.0. The quantitative estimate of drug-likeness (QED) is 0.713. The Morgan fingerprint density at radius 1 is 1.44 bits per heavy atom. The number of carbonyl (C=O) groups excluding carboxylic acids is 2. The summed E-state index contributed by atoms with van der Waals surface area (Å²) in [6.07, 6.45) is 2.02. The zero-order chi connectivity index (χ0) is 11.8. The molecule has 1 saturated heterocycles. The molecule has 0 unspecified atom stereocenters. The van der Waals surface area contributed by atoms with Crippen LogP contribution in [0.3, 0.4) is 0 Å². The maximum absolute atomic E-state index is 12.1. The van der Waals surface area contributed by atoms with Crippen molar-refractivity contribution in [2.45, 2.75) is 25.8 Å². The molecule has 1 aromatic heterocycles. The molecule has 0 radical (unpaired) electrons. The Balaban J connectivity index is 2.28. The second-order valence-electron chi connectivity index (χ2n) is 4.40. The molecule has 0 atom stereocenters. The summed E-state index contributed by atoms with van der Waals surface area (Å²) < 4.78 is 0. The molecule has 1 aromatic rings. The maximum Gasteiger partial charge on any atom is 0.273 e. The minimum atomic E-state index is -0.700. The topological polar surface area (TPSA) is 50.3 Å². The number of rotatable bonds is 1. The van der Waals surface area contributed by atoms with Crippen LogP contribution in [0.4, 0.5) is 0 Å². The van der Waals surface area contributed by atoms with Crippen molar-refractivity contribution in [1.29, 1.82) is 0 Å². The molecule has 1 amide bonds. The van der Waals surface area contributed by atoms with Crippen molar-refractivity contribution in [2.75, 3.05) is 6.54 Å². The number of aromatic nitrogens is 1. The highest BCUT2D eigenvalue weighted by Gasteiger charge is 2.43. The molecule has 4 nitrogen and oxygen atoms in total. The monoisotopic (exact) mass is 218 g/mol. The van der Waals surface area contributed by atoms with Crippen LogP contribution < -0.4 is 0 Å². The predicted octanol–water partition coefficient (Wildman–Crippen LogP) is 1.28. The van der Waals surface area contributed by atoms with Crippen LogP contribution in [0, 0.1) is 0 Å². The van der Waals surface area contributed by atoms with Gasteiger partial charge in [0.05, 0.1) is 5.54 Å². The molecule has 2 rings (SSSR count). The second kappa shape index (κ2) is 3.70. The molecule has 0 saturated carbocycles. The lowest BCUT2D eigenvalue weighted by Crippen LogP contribution is -2.46. The summed E-state index contributed by atoms with van der Waals surface area (Å²) in [5, 5.41) is 0. The Morgan fingerprint density at radius 3 is 2.69 bits per heavy atom. The van der Waals surface area contributed by atoms with E-state index in [9.17, 15) is 9.59 Å². The van der Waals surface area contributed by atoms with Gasteiger partial charge < -0.3 is 4.90 Å². The number of pyridine rings is 1. The van der Waals surface area contributed by atoms with Gasteiger partial charge in [-0.3, -0.25) is 14.6 Å². The van der Waals surface area contributed by atoms with Crippen LogP contribution in [0.25, 0.3) is 0 Å². The molecule has 1 fully saturated rings. The van der Waals surface area contributed by atoms with Gasteiger partial charge in [0.15, 0.2) is 5.78 Å². The van der Waals surface area contributed by atoms with E-state index in [0.29, 0.717) is 18.7 Å². The smallest absolute Gasteiger partial charge is 0.273 e. The molecule has 16 heavy (non-hydrogen) atoms. The zero-order valence-corrected chi connectivity index (χ0v) is 9.43. The number of hydrogen-bond donors (Lipinski definition) is 0. The summed E-state index contributed by atoms with van der Waals surface area (Å²) >= 11 is 0. The largest absolute Gasteiger partial charge is 0.325 e. The summed E-state index contributed by atoms with van der Waals surface area (Å²) in [6.45, 7) is 4.05. The Kier molecular flexibility index (Phi) is 2.50. The van der Waals surface area contributed by atoms with Gasteiger partial charge in [0, 0.05) is 19.2 Å². The van der Waals surface area contributed by atoms with E-state index in [4.69, 9.17) is 0 Å². The lowest BCUT2D eigenvalue weighted by Gasteiger charge is -2.29. The fraction of sp³-hybridized carbons (Fsp3) is 0.417. The highest BCUT2D eigenvalue weighted by atomic mass is 16.2. The third-order valence-electron chi connectivity index (χ3n) is 3.05. The van der Waals surface area contributed by atoms with E-state index in [2.05, 4.69) is 4.98 Å². The number of nitrogens with zero attached hydrogens (tertiary/aromatic N) is 2. The van der Waals surface area contributed by atoms with Crippen molar-refractivity contribution in [3.63, 3.8) is 0 Å². The highest BCUT2D eigenvalue weighted by molar-refractivity contribution is 6.00. The summed E-state index contributed by atoms with van der Waals surface area (Å²) in [5.41, 5.74) is -0.306. The number of carbonyl (C=O) groups is 2. The van der Waals surface area contributed by atoms with Crippen LogP contribution in [-0.4, -0.2) is 33.7 Å². The predicted molar refractivity (Wildman–Crippen MR) is 59.0 cm³/mol. The van der Waals surface area contributed by atoms with Crippen LogP contribution in [-0.2, 0) is 4.79 Å². The average molecular weight is 218 g/mol. The standard InChI is InChI=1S/C12H14N2O2/c1-12(2)10(15)6-8-14(12)11(16)9-5-3-4-7-13-9/h3-5,7H,6,8H2,1-2H3. The van der Waals surface area contributed by atoms with Crippen molar-refractivity contribution in [1.82, 2.24) is 9.88 Å². The van der Waals surface area contributed by atoms with Gasteiger partial charge >= 0.3 is 0 Å². The second-order valence-corrected chi connectivity index (χ2v) is 4.40. The third-order valence-corrected chi connectivity index (χ3v) is 3.05. The van der Waals surface area contributed by atoms with Gasteiger partial charge in [0.1, 0.15) is 5.69 Å². The first kappa shape index (κ1) is 10.8. The molecule has 1 aliphatic heterocycles. The first-order valence-corrected chi connectivity index (χ1v) is 5.30. The van der Waals surface area contributed by atoms with Crippen molar-refractivity contribution >= 4 is 11.7 Å². The van der Waals surface area contributed by atoms with Gasteiger partial charge in [0.25, 0.3) is 5.91 Å². The van der Waals surface area contributed by atoms with Crippen molar-refractivity contribution in [2.24, 2.45) is 0 Å². The van der Waals surface area contributed by atoms with Gasteiger partial charge in [-0.15, -0.1) is 0 Å². The molecule has 0 N–H and O–H groups in total. The van der Waals surface area contributed by atoms with Crippen LogP contribution in [0.2, 0.25) is 0 Å². The van der Waals surface area contributed by atoms with Crippen molar-refractivity contribution < 1.29 is 9.59 Å². The normalized spacial score (nSPS) is 18.9. The van der Waals surface area contributed by atoms with Gasteiger partial charge in [-0.2, -0.15) is 0 Å². The van der Waals surface area contributed by atoms with E-state index in [1.54, 1.807) is 43.1 Å². The third kappa shape index (κ3) is 1.60. The van der Waals surface area contributed by atoms with Crippen molar-refractivity contribution in [3.05, 3.63) is 30.1 Å². The first-order valence-electron chi connectivity index (χ1n) is 5.30. The van der Waals surface area contributed by atoms with E-state index in [-0.39, 0.29) is 11.7 Å². The summed E-state index contributed by atoms with van der Waals surface area (Å²) in [5.74, 6) is -0.0618. The van der Waals surface area contributed by atoms with Gasteiger partial charge in [-0.1, -0.05) is 6.07 Å². The molecule has 1 aliphatic rings. The van der Waals surface area contributed by atoms with Crippen LogP contribution in [0.5, 0.6) is 0 Å². The Morgan fingerprint density at radius 2 is 2.19 bits per heavy atom. The SMILES string of the molecule is CC1(C)C(=O)CCN1C(=O)c1ccccn1.